The molecule has 2 bridgehead atoms. The van der Waals surface area contributed by atoms with Crippen LogP contribution in [0.4, 0.5) is 0 Å². The van der Waals surface area contributed by atoms with Crippen LogP contribution < -0.4 is 0 Å². The maximum absolute atomic E-state index is 13.6. The first-order chi connectivity index (χ1) is 14.3. The molecule has 0 amide bonds. The number of hydrogen-bond acceptors (Lipinski definition) is 7. The van der Waals surface area contributed by atoms with Gasteiger partial charge in [0.15, 0.2) is 8.32 Å². The number of thiocarbonyl (C=S) groups is 1. The van der Waals surface area contributed by atoms with Crippen LogP contribution in [0, 0.1) is 5.92 Å². The van der Waals surface area contributed by atoms with Crippen molar-refractivity contribution in [2.75, 3.05) is 0 Å². The fourth-order valence-corrected chi connectivity index (χ4v) is 7.60. The van der Waals surface area contributed by atoms with E-state index < -0.39 is 29.5 Å². The summed E-state index contributed by atoms with van der Waals surface area (Å²) in [5, 5.41) is 8.60. The predicted octanol–water partition coefficient (Wildman–Crippen LogP) is 4.41. The molecule has 1 aromatic rings. The molecule has 0 saturated carbocycles. The average Bonchev–Trinajstić information content (AvgIpc) is 3.02. The summed E-state index contributed by atoms with van der Waals surface area (Å²) in [5.41, 5.74) is 0. The van der Waals surface area contributed by atoms with Gasteiger partial charge in [-0.2, -0.15) is 9.56 Å². The standard InChI is InChI=1S/C20H30ClNO6S2Si/c1-20(2,31(3,4)26)12-16-17-10-7-14(11-18(16)27-19(29)28-23)22(17)30(24,25)15-8-5-13(21)6-9-15/h5-6,8-9,14,16-18,23,26H,7,10-12H2,1-4H3/t14?,16-,17?,18?/m1/s1. The van der Waals surface area contributed by atoms with Gasteiger partial charge in [0.25, 0.3) is 0 Å². The van der Waals surface area contributed by atoms with Crippen LogP contribution in [0.15, 0.2) is 29.2 Å². The van der Waals surface area contributed by atoms with Gasteiger partial charge in [-0.3, -0.25) is 4.89 Å². The number of rotatable bonds is 6. The molecule has 4 atom stereocenters. The van der Waals surface area contributed by atoms with E-state index in [-0.39, 0.29) is 28.1 Å². The van der Waals surface area contributed by atoms with Crippen molar-refractivity contribution in [2.24, 2.45) is 5.92 Å². The lowest BCUT2D eigenvalue weighted by molar-refractivity contribution is -0.181. The Morgan fingerprint density at radius 1 is 1.29 bits per heavy atom. The number of fused-ring (bicyclic) bond motifs is 2. The number of ether oxygens (including phenoxy) is 1. The van der Waals surface area contributed by atoms with E-state index in [1.54, 1.807) is 16.4 Å². The maximum Gasteiger partial charge on any atom is 0.386 e. The van der Waals surface area contributed by atoms with Crippen molar-refractivity contribution in [1.29, 1.82) is 0 Å². The first kappa shape index (κ1) is 24.9. The highest BCUT2D eigenvalue weighted by Gasteiger charge is 2.55. The smallest absolute Gasteiger partial charge is 0.386 e. The Labute approximate surface area is 195 Å². The van der Waals surface area contributed by atoms with Gasteiger partial charge in [0.1, 0.15) is 6.10 Å². The zero-order valence-electron chi connectivity index (χ0n) is 18.1. The van der Waals surface area contributed by atoms with Crippen LogP contribution in [0.2, 0.25) is 23.2 Å². The molecule has 3 rings (SSSR count). The summed E-state index contributed by atoms with van der Waals surface area (Å²) in [5.74, 6) is -0.220. The van der Waals surface area contributed by atoms with E-state index in [1.807, 2.05) is 26.9 Å². The van der Waals surface area contributed by atoms with Crippen LogP contribution in [0.1, 0.15) is 39.5 Å². The van der Waals surface area contributed by atoms with Gasteiger partial charge in [0.2, 0.25) is 10.0 Å². The van der Waals surface area contributed by atoms with Crippen molar-refractivity contribution in [1.82, 2.24) is 4.31 Å². The summed E-state index contributed by atoms with van der Waals surface area (Å²) >= 11 is 10.9. The van der Waals surface area contributed by atoms with E-state index in [4.69, 9.17) is 33.8 Å². The Bertz CT molecular complexity index is 919. The van der Waals surface area contributed by atoms with Crippen molar-refractivity contribution < 1.29 is 28.1 Å². The van der Waals surface area contributed by atoms with Gasteiger partial charge in [0, 0.05) is 41.7 Å². The van der Waals surface area contributed by atoms with Crippen molar-refractivity contribution in [2.45, 2.75) is 80.7 Å². The summed E-state index contributed by atoms with van der Waals surface area (Å²) in [6, 6.07) is 5.65. The minimum absolute atomic E-state index is 0.206. The van der Waals surface area contributed by atoms with Crippen LogP contribution in [-0.2, 0) is 19.6 Å². The number of halogens is 1. The Hall–Kier alpha value is -0.753. The lowest BCUT2D eigenvalue weighted by Crippen LogP contribution is -2.56. The molecule has 174 valence electrons. The summed E-state index contributed by atoms with van der Waals surface area (Å²) in [4.78, 5) is 15.1. The van der Waals surface area contributed by atoms with E-state index in [2.05, 4.69) is 4.89 Å². The largest absolute Gasteiger partial charge is 0.451 e. The number of hydrogen-bond donors (Lipinski definition) is 2. The van der Waals surface area contributed by atoms with Gasteiger partial charge in [-0.15, -0.1) is 0 Å². The second-order valence-electron chi connectivity index (χ2n) is 9.63. The minimum atomic E-state index is -3.74. The third-order valence-electron chi connectivity index (χ3n) is 7.07. The topological polar surface area (TPSA) is 96.3 Å². The molecule has 2 N–H and O–H groups in total. The van der Waals surface area contributed by atoms with Crippen LogP contribution in [0.3, 0.4) is 0 Å². The molecule has 11 heteroatoms. The fraction of sp³-hybridized carbons (Fsp3) is 0.650. The van der Waals surface area contributed by atoms with Crippen molar-refractivity contribution in [3.05, 3.63) is 29.3 Å². The summed E-state index contributed by atoms with van der Waals surface area (Å²) < 4.78 is 34.5. The molecule has 2 aliphatic heterocycles. The van der Waals surface area contributed by atoms with Gasteiger partial charge >= 0.3 is 5.24 Å². The lowest BCUT2D eigenvalue weighted by atomic mass is 9.82. The summed E-state index contributed by atoms with van der Waals surface area (Å²) in [6.07, 6.45) is 1.98. The molecule has 2 saturated heterocycles. The van der Waals surface area contributed by atoms with Crippen molar-refractivity contribution >= 4 is 47.4 Å². The molecule has 1 aromatic carbocycles. The van der Waals surface area contributed by atoms with Gasteiger partial charge < -0.3 is 9.53 Å². The van der Waals surface area contributed by atoms with Gasteiger partial charge in [-0.25, -0.2) is 8.42 Å². The molecule has 0 aromatic heterocycles. The van der Waals surface area contributed by atoms with Crippen molar-refractivity contribution in [3.63, 3.8) is 0 Å². The molecule has 3 unspecified atom stereocenters. The highest BCUT2D eigenvalue weighted by atomic mass is 35.5. The zero-order valence-corrected chi connectivity index (χ0v) is 21.5. The SMILES string of the molecule is CC(C)(C[C@H]1C(OC(=S)OO)CC2CCC1N2S(=O)(=O)c1ccc(Cl)cc1)[Si](C)(C)O. The van der Waals surface area contributed by atoms with Crippen LogP contribution in [0.25, 0.3) is 0 Å². The van der Waals surface area contributed by atoms with E-state index in [1.165, 1.54) is 12.1 Å². The molecule has 7 nitrogen and oxygen atoms in total. The van der Waals surface area contributed by atoms with Crippen molar-refractivity contribution in [3.8, 4) is 0 Å². The fourth-order valence-electron chi connectivity index (χ4n) is 4.69. The lowest BCUT2D eigenvalue weighted by Gasteiger charge is -2.47. The number of nitrogens with zero attached hydrogens (tertiary/aromatic N) is 1. The van der Waals surface area contributed by atoms with Gasteiger partial charge in [-0.1, -0.05) is 25.4 Å². The Kier molecular flexibility index (Phi) is 7.13. The maximum atomic E-state index is 13.6. The molecule has 0 aliphatic carbocycles. The normalized spacial score (nSPS) is 27.2. The average molecular weight is 508 g/mol. The van der Waals surface area contributed by atoms with Crippen LogP contribution >= 0.6 is 23.8 Å². The highest BCUT2D eigenvalue weighted by molar-refractivity contribution is 7.89. The monoisotopic (exact) mass is 507 g/mol. The van der Waals surface area contributed by atoms with Crippen LogP contribution in [-0.4, -0.2) is 54.5 Å². The Morgan fingerprint density at radius 2 is 1.90 bits per heavy atom. The first-order valence-electron chi connectivity index (χ1n) is 10.3. The molecular formula is C20H30ClNO6S2Si. The number of piperidine rings is 1. The third-order valence-corrected chi connectivity index (χ3v) is 13.0. The molecule has 2 fully saturated rings. The Morgan fingerprint density at radius 3 is 2.45 bits per heavy atom. The van der Waals surface area contributed by atoms with Gasteiger partial charge in [-0.05, 0) is 61.7 Å². The van der Waals surface area contributed by atoms with Crippen LogP contribution in [0.5, 0.6) is 0 Å². The van der Waals surface area contributed by atoms with Gasteiger partial charge in [0.05, 0.1) is 4.90 Å². The molecule has 2 aliphatic rings. The second kappa shape index (κ2) is 8.89. The molecule has 0 radical (unpaired) electrons. The minimum Gasteiger partial charge on any atom is -0.451 e. The quantitative estimate of drug-likeness (QED) is 0.255. The number of benzene rings is 1. The molecule has 2 heterocycles. The van der Waals surface area contributed by atoms with E-state index in [9.17, 15) is 13.2 Å². The summed E-state index contributed by atoms with van der Waals surface area (Å²) in [6.45, 7) is 7.78. The first-order valence-corrected chi connectivity index (χ1v) is 15.5. The van der Waals surface area contributed by atoms with E-state index in [0.29, 0.717) is 30.7 Å². The highest BCUT2D eigenvalue weighted by Crippen LogP contribution is 2.51. The third kappa shape index (κ3) is 4.95. The van der Waals surface area contributed by atoms with E-state index >= 15 is 0 Å². The Balaban J connectivity index is 1.98. The summed E-state index contributed by atoms with van der Waals surface area (Å²) in [7, 11) is -6.31. The second-order valence-corrected chi connectivity index (χ2v) is 16.7. The predicted molar refractivity (Wildman–Crippen MR) is 125 cm³/mol. The molecule has 0 spiro atoms. The molecular weight excluding hydrogens is 478 g/mol. The zero-order chi connectivity index (χ0) is 23.2. The van der Waals surface area contributed by atoms with E-state index in [0.717, 1.165) is 0 Å². The number of sulfonamides is 1. The molecule has 31 heavy (non-hydrogen) atoms.